The second kappa shape index (κ2) is 7.78. The Kier molecular flexibility index (Phi) is 5.20. The first-order chi connectivity index (χ1) is 13.5. The minimum absolute atomic E-state index is 0.0388. The summed E-state index contributed by atoms with van der Waals surface area (Å²) in [5.74, 6) is 1.87. The Morgan fingerprint density at radius 3 is 2.50 bits per heavy atom. The number of anilines is 1. The van der Waals surface area contributed by atoms with Crippen LogP contribution in [0.15, 0.2) is 24.3 Å². The van der Waals surface area contributed by atoms with Crippen LogP contribution in [-0.4, -0.2) is 35.6 Å². The highest BCUT2D eigenvalue weighted by atomic mass is 16.5. The predicted molar refractivity (Wildman–Crippen MR) is 109 cm³/mol. The first-order valence-corrected chi connectivity index (χ1v) is 10.1. The number of carbonyl (C=O) groups excluding carboxylic acids is 1. The smallest absolute Gasteiger partial charge is 0.225 e. The Morgan fingerprint density at radius 2 is 1.79 bits per heavy atom. The number of carbonyl (C=O) groups is 1. The van der Waals surface area contributed by atoms with Crippen LogP contribution in [0.1, 0.15) is 47.8 Å². The summed E-state index contributed by atoms with van der Waals surface area (Å²) in [7, 11) is 0. The van der Waals surface area contributed by atoms with Crippen molar-refractivity contribution in [2.75, 3.05) is 24.6 Å². The van der Waals surface area contributed by atoms with E-state index in [0.717, 1.165) is 61.0 Å². The fourth-order valence-electron chi connectivity index (χ4n) is 4.14. The van der Waals surface area contributed by atoms with Crippen LogP contribution < -0.4 is 15.0 Å². The molecule has 0 radical (unpaired) electrons. The van der Waals surface area contributed by atoms with Crippen LogP contribution in [0, 0.1) is 26.7 Å². The molecule has 0 aliphatic carbocycles. The van der Waals surface area contributed by atoms with E-state index in [0.29, 0.717) is 6.61 Å². The Balaban J connectivity index is 1.38. The van der Waals surface area contributed by atoms with E-state index in [1.165, 1.54) is 5.56 Å². The molecule has 6 heteroatoms. The van der Waals surface area contributed by atoms with Crippen LogP contribution in [0.4, 0.5) is 5.95 Å². The molecule has 0 saturated carbocycles. The third-order valence-electron chi connectivity index (χ3n) is 5.64. The normalized spacial score (nSPS) is 19.7. The van der Waals surface area contributed by atoms with Crippen molar-refractivity contribution in [3.05, 3.63) is 46.8 Å². The van der Waals surface area contributed by atoms with Crippen LogP contribution >= 0.6 is 0 Å². The van der Waals surface area contributed by atoms with Crippen molar-refractivity contribution in [1.82, 2.24) is 15.3 Å². The summed E-state index contributed by atoms with van der Waals surface area (Å²) in [6.45, 7) is 8.31. The molecule has 3 heterocycles. The number of nitrogens with one attached hydrogen (secondary N) is 1. The van der Waals surface area contributed by atoms with Crippen LogP contribution in [-0.2, 0) is 4.79 Å². The maximum Gasteiger partial charge on any atom is 0.225 e. The molecule has 0 bridgehead atoms. The zero-order valence-corrected chi connectivity index (χ0v) is 16.9. The van der Waals surface area contributed by atoms with Gasteiger partial charge in [0.2, 0.25) is 11.9 Å². The van der Waals surface area contributed by atoms with Gasteiger partial charge in [-0.1, -0.05) is 17.7 Å². The summed E-state index contributed by atoms with van der Waals surface area (Å²) in [5.41, 5.74) is 4.25. The topological polar surface area (TPSA) is 67.4 Å². The van der Waals surface area contributed by atoms with E-state index >= 15 is 0 Å². The van der Waals surface area contributed by atoms with Gasteiger partial charge in [-0.3, -0.25) is 4.79 Å². The lowest BCUT2D eigenvalue weighted by molar-refractivity contribution is -0.126. The van der Waals surface area contributed by atoms with Crippen molar-refractivity contribution in [3.8, 4) is 5.75 Å². The molecular formula is C22H28N4O2. The minimum Gasteiger partial charge on any atom is -0.493 e. The van der Waals surface area contributed by atoms with Crippen molar-refractivity contribution in [2.24, 2.45) is 5.92 Å². The van der Waals surface area contributed by atoms with Crippen molar-refractivity contribution < 1.29 is 9.53 Å². The lowest BCUT2D eigenvalue weighted by atomic mass is 9.93. The van der Waals surface area contributed by atoms with E-state index in [-0.39, 0.29) is 17.9 Å². The number of hydrogen-bond acceptors (Lipinski definition) is 5. The lowest BCUT2D eigenvalue weighted by Gasteiger charge is -2.33. The number of piperidine rings is 1. The van der Waals surface area contributed by atoms with Crippen molar-refractivity contribution in [1.29, 1.82) is 0 Å². The van der Waals surface area contributed by atoms with E-state index < -0.39 is 0 Å². The fourth-order valence-corrected chi connectivity index (χ4v) is 4.14. The molecule has 1 N–H and O–H groups in total. The zero-order chi connectivity index (χ0) is 19.7. The Bertz CT molecular complexity index is 855. The average molecular weight is 380 g/mol. The van der Waals surface area contributed by atoms with Gasteiger partial charge in [0.25, 0.3) is 0 Å². The van der Waals surface area contributed by atoms with Gasteiger partial charge in [-0.25, -0.2) is 9.97 Å². The van der Waals surface area contributed by atoms with E-state index in [1.54, 1.807) is 0 Å². The maximum absolute atomic E-state index is 12.9. The molecule has 28 heavy (non-hydrogen) atoms. The zero-order valence-electron chi connectivity index (χ0n) is 16.9. The molecule has 2 aliphatic heterocycles. The number of benzene rings is 1. The van der Waals surface area contributed by atoms with Crippen LogP contribution in [0.5, 0.6) is 5.75 Å². The van der Waals surface area contributed by atoms with Gasteiger partial charge in [-0.2, -0.15) is 0 Å². The first kappa shape index (κ1) is 18.7. The number of amides is 1. The maximum atomic E-state index is 12.9. The Labute approximate surface area is 166 Å². The first-order valence-electron chi connectivity index (χ1n) is 10.1. The van der Waals surface area contributed by atoms with Gasteiger partial charge >= 0.3 is 0 Å². The second-order valence-corrected chi connectivity index (χ2v) is 7.95. The summed E-state index contributed by atoms with van der Waals surface area (Å²) in [5, 5.41) is 3.28. The van der Waals surface area contributed by atoms with Gasteiger partial charge in [0, 0.05) is 42.4 Å². The monoisotopic (exact) mass is 380 g/mol. The summed E-state index contributed by atoms with van der Waals surface area (Å²) >= 11 is 0. The molecule has 1 aromatic heterocycles. The lowest BCUT2D eigenvalue weighted by Crippen LogP contribution is -2.43. The molecule has 0 spiro atoms. The summed E-state index contributed by atoms with van der Waals surface area (Å²) < 4.78 is 5.75. The standard InChI is InChI=1S/C22H28N4O2/c1-14-4-5-20-18(12-14)19(8-11-28-20)25-21(27)17-6-9-26(10-7-17)22-23-15(2)13-16(3)24-22/h4-5,12-13,17,19H,6-11H2,1-3H3,(H,25,27). The van der Waals surface area contributed by atoms with Gasteiger partial charge in [-0.05, 0) is 45.7 Å². The number of aromatic nitrogens is 2. The number of aryl methyl sites for hydroxylation is 3. The summed E-state index contributed by atoms with van der Waals surface area (Å²) in [4.78, 5) is 24.2. The van der Waals surface area contributed by atoms with E-state index in [9.17, 15) is 4.79 Å². The molecule has 1 aromatic carbocycles. The minimum atomic E-state index is 0.0388. The highest BCUT2D eigenvalue weighted by molar-refractivity contribution is 5.79. The number of nitrogens with zero attached hydrogens (tertiary/aromatic N) is 3. The van der Waals surface area contributed by atoms with E-state index in [1.807, 2.05) is 32.0 Å². The van der Waals surface area contributed by atoms with Crippen LogP contribution in [0.25, 0.3) is 0 Å². The molecule has 148 valence electrons. The molecule has 1 fully saturated rings. The highest BCUT2D eigenvalue weighted by Gasteiger charge is 2.30. The molecule has 6 nitrogen and oxygen atoms in total. The number of hydrogen-bond donors (Lipinski definition) is 1. The van der Waals surface area contributed by atoms with E-state index in [2.05, 4.69) is 33.2 Å². The SMILES string of the molecule is Cc1ccc2c(c1)C(NC(=O)C1CCN(c3nc(C)cc(C)n3)CC1)CCO2. The number of ether oxygens (including phenoxy) is 1. The quantitative estimate of drug-likeness (QED) is 0.885. The number of fused-ring (bicyclic) bond motifs is 1. The van der Waals surface area contributed by atoms with Crippen LogP contribution in [0.3, 0.4) is 0 Å². The predicted octanol–water partition coefficient (Wildman–Crippen LogP) is 3.26. The van der Waals surface area contributed by atoms with Gasteiger partial charge in [0.15, 0.2) is 0 Å². The summed E-state index contributed by atoms with van der Waals surface area (Å²) in [6, 6.07) is 8.20. The Hall–Kier alpha value is -2.63. The highest BCUT2D eigenvalue weighted by Crippen LogP contribution is 2.33. The fraction of sp³-hybridized carbons (Fsp3) is 0.500. The van der Waals surface area contributed by atoms with Gasteiger partial charge in [0.1, 0.15) is 5.75 Å². The Morgan fingerprint density at radius 1 is 1.07 bits per heavy atom. The third-order valence-corrected chi connectivity index (χ3v) is 5.64. The molecular weight excluding hydrogens is 352 g/mol. The van der Waals surface area contributed by atoms with Gasteiger partial charge in [0.05, 0.1) is 12.6 Å². The molecule has 1 atom stereocenters. The van der Waals surface area contributed by atoms with Crippen molar-refractivity contribution >= 4 is 11.9 Å². The average Bonchev–Trinajstić information content (AvgIpc) is 2.68. The van der Waals surface area contributed by atoms with Crippen molar-refractivity contribution in [2.45, 2.75) is 46.1 Å². The molecule has 2 aliphatic rings. The van der Waals surface area contributed by atoms with Gasteiger partial charge < -0.3 is 15.0 Å². The number of rotatable bonds is 3. The van der Waals surface area contributed by atoms with Crippen molar-refractivity contribution in [3.63, 3.8) is 0 Å². The molecule has 1 saturated heterocycles. The summed E-state index contributed by atoms with van der Waals surface area (Å²) in [6.07, 6.45) is 2.47. The molecule has 2 aromatic rings. The largest absolute Gasteiger partial charge is 0.493 e. The molecule has 1 unspecified atom stereocenters. The van der Waals surface area contributed by atoms with Crippen LogP contribution in [0.2, 0.25) is 0 Å². The third kappa shape index (κ3) is 3.96. The molecule has 4 rings (SSSR count). The molecule has 1 amide bonds. The van der Waals surface area contributed by atoms with E-state index in [4.69, 9.17) is 4.74 Å². The second-order valence-electron chi connectivity index (χ2n) is 7.95. The van der Waals surface area contributed by atoms with Gasteiger partial charge in [-0.15, -0.1) is 0 Å².